The Labute approximate surface area is 226 Å². The van der Waals surface area contributed by atoms with Crippen molar-refractivity contribution in [1.29, 1.82) is 0 Å². The van der Waals surface area contributed by atoms with Crippen LogP contribution in [0, 0.1) is 29.6 Å². The van der Waals surface area contributed by atoms with E-state index in [1.807, 2.05) is 60.5 Å². The minimum Gasteiger partial charge on any atom is -0.378 e. The molecule has 0 radical (unpaired) electrons. The Hall–Kier alpha value is -0.410. The van der Waals surface area contributed by atoms with Crippen molar-refractivity contribution >= 4 is 6.79 Å². The quantitative estimate of drug-likeness (QED) is 0.249. The fraction of sp³-hybridized carbons (Fsp3) is 0.969. The van der Waals surface area contributed by atoms with Gasteiger partial charge in [-0.25, -0.2) is 0 Å². The zero-order chi connectivity index (χ0) is 29.4. The van der Waals surface area contributed by atoms with Gasteiger partial charge in [0.2, 0.25) is 0 Å². The van der Waals surface area contributed by atoms with Gasteiger partial charge in [-0.05, 0) is 64.1 Å². The van der Waals surface area contributed by atoms with Crippen LogP contribution in [0.5, 0.6) is 0 Å². The average molecular weight is 506 g/mol. The van der Waals surface area contributed by atoms with Crippen molar-refractivity contribution in [2.75, 3.05) is 27.7 Å². The first-order valence-corrected chi connectivity index (χ1v) is 15.0. The van der Waals surface area contributed by atoms with Crippen LogP contribution in [0.15, 0.2) is 0 Å². The third-order valence-electron chi connectivity index (χ3n) is 6.02. The largest absolute Gasteiger partial charge is 0.378 e. The van der Waals surface area contributed by atoms with Crippen molar-refractivity contribution in [3.63, 3.8) is 0 Å². The van der Waals surface area contributed by atoms with Crippen LogP contribution in [0.3, 0.4) is 0 Å². The second-order valence-corrected chi connectivity index (χ2v) is 10.2. The highest BCUT2D eigenvalue weighted by molar-refractivity contribution is 5.11. The molecule has 0 heterocycles. The van der Waals surface area contributed by atoms with Crippen LogP contribution < -0.4 is 0 Å². The van der Waals surface area contributed by atoms with E-state index in [0.717, 1.165) is 24.4 Å². The number of nitrogens with zero attached hydrogens (tertiary/aromatic N) is 1. The monoisotopic (exact) mass is 506 g/mol. The van der Waals surface area contributed by atoms with Gasteiger partial charge < -0.3 is 14.4 Å². The summed E-state index contributed by atoms with van der Waals surface area (Å²) in [5, 5.41) is 0. The minimum atomic E-state index is 0.397. The normalized spacial score (nSPS) is 14.7. The minimum absolute atomic E-state index is 0.397. The number of carbonyl (C=O) groups excluding carboxylic acids is 1. The molecule has 0 aromatic carbocycles. The van der Waals surface area contributed by atoms with Crippen LogP contribution in [-0.4, -0.2) is 45.5 Å². The molecular weight excluding hydrogens is 430 g/mol. The van der Waals surface area contributed by atoms with Gasteiger partial charge in [-0.3, -0.25) is 0 Å². The van der Waals surface area contributed by atoms with E-state index in [1.54, 1.807) is 0 Å². The molecule has 6 unspecified atom stereocenters. The SMILES string of the molecule is C=O.CC.CC.CCC.CCC(C)CCC(C)C(C)COC(C)C(C)CCC(C)CC.CN(C)C. The van der Waals surface area contributed by atoms with Crippen molar-refractivity contribution in [2.45, 2.75) is 148 Å². The molecule has 0 aliphatic carbocycles. The number of hydrogen-bond acceptors (Lipinski definition) is 3. The molecule has 0 aromatic rings. The maximum Gasteiger partial charge on any atom is 0.106 e. The summed E-state index contributed by atoms with van der Waals surface area (Å²) >= 11 is 0. The Morgan fingerprint density at radius 1 is 0.600 bits per heavy atom. The number of hydrogen-bond donors (Lipinski definition) is 0. The lowest BCUT2D eigenvalue weighted by Crippen LogP contribution is -2.24. The molecule has 220 valence electrons. The molecule has 0 saturated carbocycles. The highest BCUT2D eigenvalue weighted by atomic mass is 16.5. The molecule has 0 amide bonds. The highest BCUT2D eigenvalue weighted by Crippen LogP contribution is 2.24. The Morgan fingerprint density at radius 2 is 0.886 bits per heavy atom. The standard InChI is InChI=1S/C21H44O.C3H9N.C3H8.2C2H6.CH2O/c1-9-16(3)11-13-18(5)20(7)15-22-21(8)19(6)14-12-17(4)10-2;1-4(2)3;1-3-2;3*1-2/h16-21H,9-15H2,1-8H3;1-3H3;3H2,1-2H3;2*1-2H3;1H2. The Kier molecular flexibility index (Phi) is 55.6. The predicted molar refractivity (Wildman–Crippen MR) is 166 cm³/mol. The highest BCUT2D eigenvalue weighted by Gasteiger charge is 2.18. The molecule has 0 aliphatic rings. The van der Waals surface area contributed by atoms with Gasteiger partial charge in [0.1, 0.15) is 6.79 Å². The molecule has 35 heavy (non-hydrogen) atoms. The smallest absolute Gasteiger partial charge is 0.106 e. The number of rotatable bonds is 13. The fourth-order valence-corrected chi connectivity index (χ4v) is 2.65. The lowest BCUT2D eigenvalue weighted by atomic mass is 9.88. The number of carbonyl (C=O) groups is 1. The molecule has 0 bridgehead atoms. The van der Waals surface area contributed by atoms with Crippen LogP contribution in [0.4, 0.5) is 0 Å². The summed E-state index contributed by atoms with van der Waals surface area (Å²) in [7, 11) is 6.00. The van der Waals surface area contributed by atoms with Crippen molar-refractivity contribution in [3.8, 4) is 0 Å². The van der Waals surface area contributed by atoms with Crippen molar-refractivity contribution in [2.24, 2.45) is 29.6 Å². The zero-order valence-electron chi connectivity index (χ0n) is 28.1. The summed E-state index contributed by atoms with van der Waals surface area (Å²) in [5.74, 6) is 3.85. The van der Waals surface area contributed by atoms with Gasteiger partial charge in [-0.2, -0.15) is 0 Å². The molecule has 0 aromatic heterocycles. The van der Waals surface area contributed by atoms with E-state index in [2.05, 4.69) is 69.2 Å². The average Bonchev–Trinajstić information content (AvgIpc) is 2.87. The molecule has 0 saturated heterocycles. The molecule has 3 heteroatoms. The Balaban J connectivity index is -0.000000135. The molecule has 0 fully saturated rings. The third-order valence-corrected chi connectivity index (χ3v) is 6.02. The van der Waals surface area contributed by atoms with E-state index >= 15 is 0 Å². The second-order valence-electron chi connectivity index (χ2n) is 10.2. The van der Waals surface area contributed by atoms with E-state index in [4.69, 9.17) is 9.53 Å². The van der Waals surface area contributed by atoms with Crippen LogP contribution in [0.25, 0.3) is 0 Å². The van der Waals surface area contributed by atoms with Crippen LogP contribution in [0.1, 0.15) is 142 Å². The summed E-state index contributed by atoms with van der Waals surface area (Å²) in [6.07, 6.45) is 9.60. The maximum atomic E-state index is 8.00. The zero-order valence-corrected chi connectivity index (χ0v) is 28.1. The van der Waals surface area contributed by atoms with Crippen LogP contribution in [-0.2, 0) is 9.53 Å². The second kappa shape index (κ2) is 40.7. The van der Waals surface area contributed by atoms with Crippen molar-refractivity contribution in [3.05, 3.63) is 0 Å². The van der Waals surface area contributed by atoms with Crippen molar-refractivity contribution < 1.29 is 9.53 Å². The fourth-order valence-electron chi connectivity index (χ4n) is 2.65. The molecule has 0 rings (SSSR count). The third kappa shape index (κ3) is 47.4. The molecule has 0 aliphatic heterocycles. The summed E-state index contributed by atoms with van der Waals surface area (Å²) < 4.78 is 6.19. The molecule has 6 atom stereocenters. The molecule has 0 N–H and O–H groups in total. The van der Waals surface area contributed by atoms with Gasteiger partial charge >= 0.3 is 0 Å². The number of ether oxygens (including phenoxy) is 1. The molecular formula is C32H75NO2. The van der Waals surface area contributed by atoms with E-state index in [9.17, 15) is 0 Å². The summed E-state index contributed by atoms with van der Waals surface area (Å²) in [5.41, 5.74) is 0. The van der Waals surface area contributed by atoms with Gasteiger partial charge in [0.15, 0.2) is 0 Å². The lowest BCUT2D eigenvalue weighted by molar-refractivity contribution is -0.0980. The topological polar surface area (TPSA) is 29.5 Å². The first-order chi connectivity index (χ1) is 16.5. The van der Waals surface area contributed by atoms with Gasteiger partial charge in [0.05, 0.1) is 6.10 Å². The van der Waals surface area contributed by atoms with E-state index in [-0.39, 0.29) is 0 Å². The first-order valence-electron chi connectivity index (χ1n) is 15.0. The van der Waals surface area contributed by atoms with E-state index < -0.39 is 0 Å². The van der Waals surface area contributed by atoms with Crippen molar-refractivity contribution in [1.82, 2.24) is 4.90 Å². The van der Waals surface area contributed by atoms with Crippen LogP contribution >= 0.6 is 0 Å². The van der Waals surface area contributed by atoms with Gasteiger partial charge in [-0.1, -0.05) is 129 Å². The Morgan fingerprint density at radius 3 is 1.17 bits per heavy atom. The first kappa shape index (κ1) is 47.7. The van der Waals surface area contributed by atoms with Gasteiger partial charge in [0, 0.05) is 6.61 Å². The molecule has 3 nitrogen and oxygen atoms in total. The van der Waals surface area contributed by atoms with Crippen LogP contribution in [0.2, 0.25) is 0 Å². The Bertz CT molecular complexity index is 294. The van der Waals surface area contributed by atoms with Gasteiger partial charge in [0.25, 0.3) is 0 Å². The van der Waals surface area contributed by atoms with E-state index in [1.165, 1.54) is 44.9 Å². The maximum absolute atomic E-state index is 8.00. The molecule has 0 spiro atoms. The summed E-state index contributed by atoms with van der Waals surface area (Å²) in [6, 6.07) is 0. The van der Waals surface area contributed by atoms with E-state index in [0.29, 0.717) is 17.9 Å². The lowest BCUT2D eigenvalue weighted by Gasteiger charge is -2.26. The van der Waals surface area contributed by atoms with Gasteiger partial charge in [-0.15, -0.1) is 0 Å². The summed E-state index contributed by atoms with van der Waals surface area (Å²) in [6.45, 7) is 33.9. The summed E-state index contributed by atoms with van der Waals surface area (Å²) in [4.78, 5) is 10.0. The predicted octanol–water partition coefficient (Wildman–Crippen LogP) is 10.4.